The molecule has 23 heavy (non-hydrogen) atoms. The molecular weight excluding hydrogens is 292 g/mol. The average Bonchev–Trinajstić information content (AvgIpc) is 2.85. The van der Waals surface area contributed by atoms with Crippen LogP contribution in [0.25, 0.3) is 0 Å². The smallest absolute Gasteiger partial charge is 0.323 e. The molecule has 0 bridgehead atoms. The van der Waals surface area contributed by atoms with E-state index in [9.17, 15) is 9.90 Å². The second-order valence-corrected chi connectivity index (χ2v) is 5.65. The maximum atomic E-state index is 13.0. The van der Waals surface area contributed by atoms with E-state index in [4.69, 9.17) is 9.47 Å². The van der Waals surface area contributed by atoms with Gasteiger partial charge in [0.15, 0.2) is 0 Å². The zero-order valence-corrected chi connectivity index (χ0v) is 12.5. The summed E-state index contributed by atoms with van der Waals surface area (Å²) >= 11 is 0. The Morgan fingerprint density at radius 1 is 1.09 bits per heavy atom. The lowest BCUT2D eigenvalue weighted by Gasteiger charge is -2.43. The Morgan fingerprint density at radius 3 is 2.48 bits per heavy atom. The number of ether oxygens (including phenoxy) is 2. The van der Waals surface area contributed by atoms with Crippen LogP contribution in [0.3, 0.4) is 0 Å². The van der Waals surface area contributed by atoms with Crippen LogP contribution < -0.4 is 9.47 Å². The van der Waals surface area contributed by atoms with E-state index < -0.39 is 17.2 Å². The van der Waals surface area contributed by atoms with E-state index >= 15 is 0 Å². The SMILES string of the molecule is C=C=C(C)[C@@]12Oc3ccccc3C(=O)[C@]1(O)Oc1ccccc12. The quantitative estimate of drug-likeness (QED) is 0.823. The first-order valence-electron chi connectivity index (χ1n) is 7.25. The maximum absolute atomic E-state index is 13.0. The third kappa shape index (κ3) is 1.47. The number of Topliss-reactive ketones (excluding diaryl/α,β-unsaturated/α-hetero) is 1. The summed E-state index contributed by atoms with van der Waals surface area (Å²) in [5, 5.41) is 11.2. The Kier molecular flexibility index (Phi) is 2.62. The predicted molar refractivity (Wildman–Crippen MR) is 83.4 cm³/mol. The van der Waals surface area contributed by atoms with Crippen LogP contribution >= 0.6 is 0 Å². The molecule has 4 nitrogen and oxygen atoms in total. The number of aliphatic hydroxyl groups is 1. The van der Waals surface area contributed by atoms with Crippen molar-refractivity contribution in [3.05, 3.63) is 77.5 Å². The lowest BCUT2D eigenvalue weighted by Crippen LogP contribution is -2.63. The highest BCUT2D eigenvalue weighted by molar-refractivity contribution is 6.07. The molecule has 2 atom stereocenters. The monoisotopic (exact) mass is 306 g/mol. The van der Waals surface area contributed by atoms with E-state index in [1.54, 1.807) is 55.5 Å². The largest absolute Gasteiger partial charge is 0.469 e. The van der Waals surface area contributed by atoms with Gasteiger partial charge in [-0.25, -0.2) is 0 Å². The number of hydrogen-bond acceptors (Lipinski definition) is 4. The Balaban J connectivity index is 2.10. The second kappa shape index (κ2) is 4.35. The van der Waals surface area contributed by atoms with Crippen LogP contribution in [0.4, 0.5) is 0 Å². The normalized spacial score (nSPS) is 27.0. The highest BCUT2D eigenvalue weighted by atomic mass is 16.7. The topological polar surface area (TPSA) is 55.8 Å². The summed E-state index contributed by atoms with van der Waals surface area (Å²) < 4.78 is 11.8. The van der Waals surface area contributed by atoms with E-state index in [0.717, 1.165) is 0 Å². The molecule has 2 aromatic carbocycles. The molecule has 0 unspecified atom stereocenters. The fraction of sp³-hybridized carbons (Fsp3) is 0.158. The molecule has 0 saturated heterocycles. The molecule has 0 saturated carbocycles. The molecule has 0 fully saturated rings. The minimum Gasteiger partial charge on any atom is -0.469 e. The number of carbonyl (C=O) groups is 1. The first-order valence-corrected chi connectivity index (χ1v) is 7.25. The number of hydrogen-bond donors (Lipinski definition) is 1. The molecule has 0 aromatic heterocycles. The van der Waals surface area contributed by atoms with E-state index in [0.29, 0.717) is 22.6 Å². The summed E-state index contributed by atoms with van der Waals surface area (Å²) in [5.74, 6) is -1.91. The van der Waals surface area contributed by atoms with Crippen molar-refractivity contribution in [2.45, 2.75) is 18.3 Å². The maximum Gasteiger partial charge on any atom is 0.323 e. The van der Waals surface area contributed by atoms with Crippen molar-refractivity contribution in [2.24, 2.45) is 0 Å². The lowest BCUT2D eigenvalue weighted by molar-refractivity contribution is -0.187. The second-order valence-electron chi connectivity index (χ2n) is 5.65. The molecule has 2 aromatic rings. The highest BCUT2D eigenvalue weighted by Crippen LogP contribution is 2.56. The van der Waals surface area contributed by atoms with E-state index in [1.165, 1.54) is 0 Å². The van der Waals surface area contributed by atoms with Gasteiger partial charge in [-0.2, -0.15) is 0 Å². The minimum atomic E-state index is -2.18. The van der Waals surface area contributed by atoms with Crippen molar-refractivity contribution in [1.29, 1.82) is 0 Å². The number of ketones is 1. The molecule has 2 aliphatic rings. The molecule has 2 aliphatic heterocycles. The fourth-order valence-electron chi connectivity index (χ4n) is 3.34. The first kappa shape index (κ1) is 13.8. The standard InChI is InChI=1S/C19H14O4/c1-3-12(2)18-14-9-5-7-11-16(14)23-19(18,21)17(20)13-8-4-6-10-15(13)22-18/h4-11,21H,1H2,2H3/t18-,19-/m0/s1. The van der Waals surface area contributed by atoms with E-state index in [-0.39, 0.29) is 5.56 Å². The Labute approximate surface area is 133 Å². The number of fused-ring (bicyclic) bond motifs is 4. The van der Waals surface area contributed by atoms with Crippen molar-refractivity contribution < 1.29 is 19.4 Å². The van der Waals surface area contributed by atoms with Crippen molar-refractivity contribution in [3.63, 3.8) is 0 Å². The van der Waals surface area contributed by atoms with Crippen LogP contribution in [0.15, 0.2) is 66.4 Å². The van der Waals surface area contributed by atoms with Crippen molar-refractivity contribution in [3.8, 4) is 11.5 Å². The Hall–Kier alpha value is -2.81. The third-order valence-corrected chi connectivity index (χ3v) is 4.50. The van der Waals surface area contributed by atoms with Gasteiger partial charge in [0.2, 0.25) is 11.4 Å². The Bertz CT molecular complexity index is 894. The lowest BCUT2D eigenvalue weighted by atomic mass is 9.76. The molecular formula is C19H14O4. The summed E-state index contributed by atoms with van der Waals surface area (Å²) in [4.78, 5) is 13.0. The zero-order valence-electron chi connectivity index (χ0n) is 12.5. The minimum absolute atomic E-state index is 0.287. The van der Waals surface area contributed by atoms with Gasteiger partial charge in [0.25, 0.3) is 0 Å². The van der Waals surface area contributed by atoms with Gasteiger partial charge in [0, 0.05) is 11.1 Å². The van der Waals surface area contributed by atoms with E-state index in [2.05, 4.69) is 12.3 Å². The molecule has 0 spiro atoms. The van der Waals surface area contributed by atoms with Gasteiger partial charge in [0.1, 0.15) is 11.5 Å². The van der Waals surface area contributed by atoms with Crippen LogP contribution in [-0.4, -0.2) is 16.7 Å². The van der Waals surface area contributed by atoms with Gasteiger partial charge in [-0.1, -0.05) is 36.9 Å². The number of carbonyl (C=O) groups excluding carboxylic acids is 1. The molecule has 0 amide bonds. The van der Waals surface area contributed by atoms with Gasteiger partial charge in [-0.05, 0) is 25.1 Å². The summed E-state index contributed by atoms with van der Waals surface area (Å²) in [5.41, 5.74) is 2.62. The van der Waals surface area contributed by atoms with Crippen LogP contribution in [0, 0.1) is 0 Å². The molecule has 114 valence electrons. The van der Waals surface area contributed by atoms with Gasteiger partial charge in [0.05, 0.1) is 5.56 Å². The van der Waals surface area contributed by atoms with Crippen molar-refractivity contribution >= 4 is 5.78 Å². The van der Waals surface area contributed by atoms with Gasteiger partial charge in [-0.3, -0.25) is 4.79 Å². The summed E-state index contributed by atoms with van der Waals surface area (Å²) in [6, 6.07) is 13.9. The van der Waals surface area contributed by atoms with Crippen LogP contribution in [-0.2, 0) is 5.60 Å². The van der Waals surface area contributed by atoms with Crippen molar-refractivity contribution in [1.82, 2.24) is 0 Å². The Morgan fingerprint density at radius 2 is 1.74 bits per heavy atom. The predicted octanol–water partition coefficient (Wildman–Crippen LogP) is 2.97. The molecule has 0 radical (unpaired) electrons. The summed E-state index contributed by atoms with van der Waals surface area (Å²) in [6.45, 7) is 5.37. The van der Waals surface area contributed by atoms with Crippen LogP contribution in [0.1, 0.15) is 22.8 Å². The highest BCUT2D eigenvalue weighted by Gasteiger charge is 2.70. The van der Waals surface area contributed by atoms with Crippen LogP contribution in [0.2, 0.25) is 0 Å². The average molecular weight is 306 g/mol. The van der Waals surface area contributed by atoms with E-state index in [1.807, 2.05) is 0 Å². The molecule has 4 heteroatoms. The molecule has 1 N–H and O–H groups in total. The third-order valence-electron chi connectivity index (χ3n) is 4.50. The number of para-hydroxylation sites is 2. The van der Waals surface area contributed by atoms with Crippen LogP contribution in [0.5, 0.6) is 11.5 Å². The van der Waals surface area contributed by atoms with Gasteiger partial charge in [-0.15, -0.1) is 5.73 Å². The zero-order chi connectivity index (χ0) is 16.2. The van der Waals surface area contributed by atoms with Crippen molar-refractivity contribution in [2.75, 3.05) is 0 Å². The fourth-order valence-corrected chi connectivity index (χ4v) is 3.34. The summed E-state index contributed by atoms with van der Waals surface area (Å²) in [6.07, 6.45) is 0. The molecule has 0 aliphatic carbocycles. The number of rotatable bonds is 1. The van der Waals surface area contributed by atoms with Gasteiger partial charge >= 0.3 is 5.79 Å². The first-order chi connectivity index (χ1) is 11.0. The van der Waals surface area contributed by atoms with Gasteiger partial charge < -0.3 is 14.6 Å². The number of benzene rings is 2. The summed E-state index contributed by atoms with van der Waals surface area (Å²) in [7, 11) is 0. The molecule has 2 heterocycles. The molecule has 4 rings (SSSR count).